The highest BCUT2D eigenvalue weighted by Crippen LogP contribution is 2.20. The van der Waals surface area contributed by atoms with Gasteiger partial charge >= 0.3 is 0 Å². The molecule has 2 atom stereocenters. The molecular formula is C22H32N4O5S. The van der Waals surface area contributed by atoms with Crippen LogP contribution in [0.1, 0.15) is 53.9 Å². The maximum Gasteiger partial charge on any atom is 0.290 e. The molecule has 0 radical (unpaired) electrons. The van der Waals surface area contributed by atoms with Crippen LogP contribution in [0.3, 0.4) is 0 Å². The molecule has 0 bridgehead atoms. The van der Waals surface area contributed by atoms with Gasteiger partial charge in [0, 0.05) is 43.4 Å². The van der Waals surface area contributed by atoms with Crippen LogP contribution in [0.4, 0.5) is 0 Å². The van der Waals surface area contributed by atoms with Gasteiger partial charge in [-0.25, -0.2) is 4.98 Å². The molecule has 3 heterocycles. The van der Waals surface area contributed by atoms with Crippen molar-refractivity contribution in [3.05, 3.63) is 40.2 Å². The van der Waals surface area contributed by atoms with Crippen molar-refractivity contribution in [2.45, 2.75) is 45.1 Å². The molecule has 9 nitrogen and oxygen atoms in total. The third-order valence-corrected chi connectivity index (χ3v) is 6.32. The van der Waals surface area contributed by atoms with Crippen molar-refractivity contribution in [3.8, 4) is 0 Å². The van der Waals surface area contributed by atoms with Gasteiger partial charge in [0.15, 0.2) is 5.76 Å². The van der Waals surface area contributed by atoms with E-state index in [1.165, 1.54) is 6.26 Å². The van der Waals surface area contributed by atoms with Crippen LogP contribution in [-0.2, 0) is 16.0 Å². The van der Waals surface area contributed by atoms with Crippen molar-refractivity contribution < 1.29 is 23.9 Å². The fraction of sp³-hybridized carbons (Fsp3) is 0.545. The number of likely N-dealkylation sites (tertiary alicyclic amines) is 1. The lowest BCUT2D eigenvalue weighted by atomic mass is 10.0. The van der Waals surface area contributed by atoms with Crippen LogP contribution in [0.5, 0.6) is 0 Å². The van der Waals surface area contributed by atoms with Crippen LogP contribution in [-0.4, -0.2) is 66.0 Å². The number of nitrogens with zero attached hydrogens (tertiary/aromatic N) is 2. The van der Waals surface area contributed by atoms with E-state index in [0.717, 1.165) is 30.0 Å². The molecule has 0 spiro atoms. The minimum absolute atomic E-state index is 0.000129. The maximum atomic E-state index is 12.7. The molecule has 3 rings (SSSR count). The topological polar surface area (TPSA) is 125 Å². The molecule has 2 amide bonds. The molecule has 32 heavy (non-hydrogen) atoms. The maximum absolute atomic E-state index is 12.7. The molecule has 10 heteroatoms. The first-order valence-electron chi connectivity index (χ1n) is 10.7. The Hall–Kier alpha value is -2.72. The number of likely N-dealkylation sites (N-methyl/N-ethyl adjacent to an activating group) is 1. The van der Waals surface area contributed by atoms with Gasteiger partial charge in [-0.05, 0) is 32.0 Å². The van der Waals surface area contributed by atoms with Gasteiger partial charge in [0.25, 0.3) is 12.4 Å². The summed E-state index contributed by atoms with van der Waals surface area (Å²) < 4.78 is 5.16. The Morgan fingerprint density at radius 3 is 2.75 bits per heavy atom. The van der Waals surface area contributed by atoms with Crippen LogP contribution in [0, 0.1) is 5.92 Å². The lowest BCUT2D eigenvalue weighted by Gasteiger charge is -2.21. The highest BCUT2D eigenvalue weighted by molar-refractivity contribution is 7.09. The Bertz CT molecular complexity index is 852. The zero-order valence-electron chi connectivity index (χ0n) is 18.7. The second-order valence-electron chi connectivity index (χ2n) is 8.12. The minimum Gasteiger partial charge on any atom is -0.483 e. The van der Waals surface area contributed by atoms with Crippen LogP contribution < -0.4 is 10.6 Å². The summed E-state index contributed by atoms with van der Waals surface area (Å²) in [5, 5.41) is 16.2. The largest absolute Gasteiger partial charge is 0.483 e. The summed E-state index contributed by atoms with van der Waals surface area (Å²) in [4.78, 5) is 40.0. The molecule has 2 aromatic heterocycles. The molecule has 0 unspecified atom stereocenters. The Kier molecular flexibility index (Phi) is 10.4. The summed E-state index contributed by atoms with van der Waals surface area (Å²) in [6.07, 6.45) is 3.75. The highest BCUT2D eigenvalue weighted by Gasteiger charge is 2.28. The molecule has 0 saturated carbocycles. The molecule has 2 aromatic rings. The standard InChI is InChI=1S/C21H30N4O3S.CH2O2/c1-14(2)21-24-17(13-29-21)8-9-22-19(26)15-6-7-16(12-25(3)11-15)23-20(27)18-5-4-10-28-18;2-1-3/h4-5,10,13-16H,6-9,11-12H2,1-3H3,(H,22,26)(H,23,27);1H,(H,2,3)/t15-,16+;/m1./s1. The van der Waals surface area contributed by atoms with Gasteiger partial charge in [0.2, 0.25) is 5.91 Å². The Morgan fingerprint density at radius 1 is 1.38 bits per heavy atom. The van der Waals surface area contributed by atoms with E-state index < -0.39 is 0 Å². The zero-order valence-corrected chi connectivity index (χ0v) is 19.6. The third-order valence-electron chi connectivity index (χ3n) is 5.12. The van der Waals surface area contributed by atoms with Crippen molar-refractivity contribution in [1.82, 2.24) is 20.5 Å². The number of carbonyl (C=O) groups excluding carboxylic acids is 2. The van der Waals surface area contributed by atoms with E-state index in [9.17, 15) is 9.59 Å². The molecule has 0 aromatic carbocycles. The summed E-state index contributed by atoms with van der Waals surface area (Å²) in [6.45, 7) is 6.02. The second-order valence-corrected chi connectivity index (χ2v) is 9.01. The van der Waals surface area contributed by atoms with Crippen LogP contribution >= 0.6 is 11.3 Å². The number of thiazole rings is 1. The molecule has 1 saturated heterocycles. The normalized spacial score (nSPS) is 18.9. The second kappa shape index (κ2) is 13.0. The number of nitrogens with one attached hydrogen (secondary N) is 2. The first-order chi connectivity index (χ1) is 15.3. The van der Waals surface area contributed by atoms with Crippen LogP contribution in [0.15, 0.2) is 28.2 Å². The summed E-state index contributed by atoms with van der Waals surface area (Å²) in [5.41, 5.74) is 1.04. The van der Waals surface area contributed by atoms with Gasteiger partial charge in [-0.1, -0.05) is 13.8 Å². The predicted octanol–water partition coefficient (Wildman–Crippen LogP) is 2.36. The zero-order chi connectivity index (χ0) is 23.5. The average molecular weight is 465 g/mol. The Balaban J connectivity index is 0.00000114. The predicted molar refractivity (Wildman–Crippen MR) is 122 cm³/mol. The van der Waals surface area contributed by atoms with Crippen molar-refractivity contribution in [3.63, 3.8) is 0 Å². The lowest BCUT2D eigenvalue weighted by Crippen LogP contribution is -2.42. The molecule has 1 fully saturated rings. The smallest absolute Gasteiger partial charge is 0.290 e. The summed E-state index contributed by atoms with van der Waals surface area (Å²) in [6, 6.07) is 3.35. The lowest BCUT2D eigenvalue weighted by molar-refractivity contribution is -0.125. The monoisotopic (exact) mass is 464 g/mol. The first-order valence-corrected chi connectivity index (χ1v) is 11.5. The van der Waals surface area contributed by atoms with E-state index in [1.807, 2.05) is 7.05 Å². The van der Waals surface area contributed by atoms with E-state index in [4.69, 9.17) is 14.3 Å². The minimum atomic E-state index is -0.250. The molecule has 3 N–H and O–H groups in total. The number of carboxylic acid groups (broad SMARTS) is 1. The average Bonchev–Trinajstić information content (AvgIpc) is 3.40. The number of furan rings is 1. The van der Waals surface area contributed by atoms with Gasteiger partial charge in [-0.15, -0.1) is 11.3 Å². The fourth-order valence-corrected chi connectivity index (χ4v) is 4.44. The van der Waals surface area contributed by atoms with Crippen molar-refractivity contribution in [2.75, 3.05) is 26.7 Å². The number of rotatable bonds is 7. The molecule has 1 aliphatic heterocycles. The number of amides is 2. The Morgan fingerprint density at radius 2 is 2.12 bits per heavy atom. The van der Waals surface area contributed by atoms with E-state index >= 15 is 0 Å². The summed E-state index contributed by atoms with van der Waals surface area (Å²) >= 11 is 1.68. The van der Waals surface area contributed by atoms with E-state index in [-0.39, 0.29) is 30.2 Å². The van der Waals surface area contributed by atoms with Gasteiger partial charge < -0.3 is 25.1 Å². The van der Waals surface area contributed by atoms with E-state index in [1.54, 1.807) is 23.5 Å². The van der Waals surface area contributed by atoms with Gasteiger partial charge in [0.1, 0.15) is 0 Å². The van der Waals surface area contributed by atoms with Gasteiger partial charge in [-0.3, -0.25) is 14.4 Å². The van der Waals surface area contributed by atoms with E-state index in [2.05, 4.69) is 39.7 Å². The third kappa shape index (κ3) is 8.08. The molecule has 176 valence electrons. The highest BCUT2D eigenvalue weighted by atomic mass is 32.1. The van der Waals surface area contributed by atoms with Gasteiger partial charge in [-0.2, -0.15) is 0 Å². The SMILES string of the molecule is CC(C)c1nc(CCNC(=O)[C@@H]2CC[C@H](NC(=O)c3ccco3)CN(C)C2)cs1.O=CO. The summed E-state index contributed by atoms with van der Waals surface area (Å²) in [7, 11) is 1.99. The summed E-state index contributed by atoms with van der Waals surface area (Å²) in [5.74, 6) is 0.543. The molecule has 0 aliphatic carbocycles. The number of hydrogen-bond donors (Lipinski definition) is 3. The number of aromatic nitrogens is 1. The number of carbonyl (C=O) groups is 3. The van der Waals surface area contributed by atoms with Crippen LogP contribution in [0.2, 0.25) is 0 Å². The first kappa shape index (κ1) is 25.5. The molecular weight excluding hydrogens is 432 g/mol. The van der Waals surface area contributed by atoms with Gasteiger partial charge in [0.05, 0.1) is 22.9 Å². The molecule has 1 aliphatic rings. The van der Waals surface area contributed by atoms with Crippen molar-refractivity contribution >= 4 is 29.6 Å². The quantitative estimate of drug-likeness (QED) is 0.537. The van der Waals surface area contributed by atoms with Crippen molar-refractivity contribution in [1.29, 1.82) is 0 Å². The fourth-order valence-electron chi connectivity index (χ4n) is 3.57. The van der Waals surface area contributed by atoms with E-state index in [0.29, 0.717) is 31.3 Å². The van der Waals surface area contributed by atoms with Crippen LogP contribution in [0.25, 0.3) is 0 Å². The Labute approximate surface area is 192 Å². The number of hydrogen-bond acceptors (Lipinski definition) is 7. The van der Waals surface area contributed by atoms with Crippen molar-refractivity contribution in [2.24, 2.45) is 5.92 Å².